The molecule has 0 fully saturated rings. The molecule has 2 aromatic rings. The highest BCUT2D eigenvalue weighted by Gasteiger charge is 2.16. The van der Waals surface area contributed by atoms with Crippen LogP contribution in [0.4, 0.5) is 0 Å². The lowest BCUT2D eigenvalue weighted by Crippen LogP contribution is -2.39. The van der Waals surface area contributed by atoms with E-state index in [2.05, 4.69) is 10.1 Å². The van der Waals surface area contributed by atoms with Crippen LogP contribution in [0.5, 0.6) is 0 Å². The van der Waals surface area contributed by atoms with Crippen molar-refractivity contribution in [2.75, 3.05) is 7.11 Å². The molecule has 0 bridgehead atoms. The van der Waals surface area contributed by atoms with E-state index < -0.39 is 12.0 Å². The van der Waals surface area contributed by atoms with Crippen LogP contribution in [0.2, 0.25) is 0 Å². The first-order valence-electron chi connectivity index (χ1n) is 8.82. The van der Waals surface area contributed by atoms with Gasteiger partial charge < -0.3 is 14.6 Å². The summed E-state index contributed by atoms with van der Waals surface area (Å²) in [6.07, 6.45) is 7.40. The zero-order chi connectivity index (χ0) is 19.6. The van der Waals surface area contributed by atoms with Gasteiger partial charge in [0.15, 0.2) is 0 Å². The number of rotatable bonds is 8. The van der Waals surface area contributed by atoms with E-state index in [0.717, 1.165) is 18.4 Å². The Labute approximate surface area is 158 Å². The van der Waals surface area contributed by atoms with E-state index in [1.54, 1.807) is 48.0 Å². The second-order valence-corrected chi connectivity index (χ2v) is 6.12. The predicted octanol–water partition coefficient (Wildman–Crippen LogP) is 2.63. The number of aromatic nitrogens is 1. The fourth-order valence-electron chi connectivity index (χ4n) is 2.54. The van der Waals surface area contributed by atoms with Crippen molar-refractivity contribution in [2.24, 2.45) is 0 Å². The maximum Gasteiger partial charge on any atom is 0.328 e. The number of esters is 1. The number of unbranched alkanes of at least 4 members (excludes halogenated alkanes) is 1. The third kappa shape index (κ3) is 6.26. The van der Waals surface area contributed by atoms with Crippen molar-refractivity contribution in [3.05, 3.63) is 76.2 Å². The van der Waals surface area contributed by atoms with E-state index in [1.165, 1.54) is 7.11 Å². The number of nitrogens with zero attached hydrogens (tertiary/aromatic N) is 1. The molecule has 0 aliphatic rings. The van der Waals surface area contributed by atoms with Crippen molar-refractivity contribution >= 4 is 18.0 Å². The van der Waals surface area contributed by atoms with Crippen LogP contribution >= 0.6 is 0 Å². The molecule has 0 saturated carbocycles. The molecule has 1 heterocycles. The maximum atomic E-state index is 12.2. The Morgan fingerprint density at radius 3 is 2.78 bits per heavy atom. The molecule has 1 aromatic carbocycles. The quantitative estimate of drug-likeness (QED) is 0.574. The zero-order valence-corrected chi connectivity index (χ0v) is 15.6. The van der Waals surface area contributed by atoms with E-state index in [9.17, 15) is 14.4 Å². The van der Waals surface area contributed by atoms with Gasteiger partial charge in [0.1, 0.15) is 6.04 Å². The molecule has 1 atom stereocenters. The van der Waals surface area contributed by atoms with Crippen LogP contribution in [0.25, 0.3) is 6.08 Å². The monoisotopic (exact) mass is 368 g/mol. The molecule has 6 nitrogen and oxygen atoms in total. The van der Waals surface area contributed by atoms with Crippen molar-refractivity contribution in [3.63, 3.8) is 0 Å². The van der Waals surface area contributed by atoms with Crippen molar-refractivity contribution in [3.8, 4) is 0 Å². The molecule has 1 amide bonds. The van der Waals surface area contributed by atoms with Crippen LogP contribution in [0.1, 0.15) is 35.7 Å². The molecular formula is C21H24N2O4. The molecular weight excluding hydrogens is 344 g/mol. The summed E-state index contributed by atoms with van der Waals surface area (Å²) < 4.78 is 6.28. The SMILES string of the molecule is COC(=O)C(C)NC(=O)c1cccc(C=CCCCn2ccccc2=O)c1. The van der Waals surface area contributed by atoms with Gasteiger partial charge in [-0.25, -0.2) is 4.79 Å². The highest BCUT2D eigenvalue weighted by molar-refractivity contribution is 5.97. The standard InChI is InChI=1S/C21H24N2O4/c1-16(21(26)27-2)22-20(25)18-11-8-10-17(15-18)9-4-3-6-13-23-14-7-5-12-19(23)24/h4-5,7-12,14-16H,3,6,13H2,1-2H3,(H,22,25). The number of ether oxygens (including phenoxy) is 1. The minimum absolute atomic E-state index is 0.00127. The molecule has 1 N–H and O–H groups in total. The lowest BCUT2D eigenvalue weighted by atomic mass is 10.1. The summed E-state index contributed by atoms with van der Waals surface area (Å²) >= 11 is 0. The molecule has 27 heavy (non-hydrogen) atoms. The van der Waals surface area contributed by atoms with E-state index >= 15 is 0 Å². The summed E-state index contributed by atoms with van der Waals surface area (Å²) in [5.41, 5.74) is 1.37. The van der Waals surface area contributed by atoms with E-state index in [4.69, 9.17) is 0 Å². The number of amides is 1. The van der Waals surface area contributed by atoms with Gasteiger partial charge >= 0.3 is 5.97 Å². The van der Waals surface area contributed by atoms with Crippen LogP contribution in [0.15, 0.2) is 59.5 Å². The molecule has 2 rings (SSSR count). The molecule has 0 spiro atoms. The maximum absolute atomic E-state index is 12.2. The Morgan fingerprint density at radius 2 is 2.04 bits per heavy atom. The second-order valence-electron chi connectivity index (χ2n) is 6.12. The first-order valence-corrected chi connectivity index (χ1v) is 8.82. The summed E-state index contributed by atoms with van der Waals surface area (Å²) in [6, 6.07) is 11.6. The predicted molar refractivity (Wildman–Crippen MR) is 104 cm³/mol. The number of aryl methyl sites for hydroxylation is 1. The van der Waals surface area contributed by atoms with Crippen LogP contribution in [0.3, 0.4) is 0 Å². The van der Waals surface area contributed by atoms with Crippen molar-refractivity contribution in [2.45, 2.75) is 32.4 Å². The number of carbonyl (C=O) groups excluding carboxylic acids is 2. The van der Waals surface area contributed by atoms with E-state index in [0.29, 0.717) is 12.1 Å². The van der Waals surface area contributed by atoms with Gasteiger partial charge in [-0.2, -0.15) is 0 Å². The Kier molecular flexibility index (Phi) is 7.55. The first kappa shape index (κ1) is 20.2. The third-order valence-corrected chi connectivity index (χ3v) is 4.03. The summed E-state index contributed by atoms with van der Waals surface area (Å²) in [4.78, 5) is 35.2. The van der Waals surface area contributed by atoms with Gasteiger partial charge in [0, 0.05) is 24.4 Å². The highest BCUT2D eigenvalue weighted by atomic mass is 16.5. The van der Waals surface area contributed by atoms with Crippen molar-refractivity contribution in [1.29, 1.82) is 0 Å². The van der Waals surface area contributed by atoms with Crippen LogP contribution in [-0.4, -0.2) is 29.6 Å². The minimum Gasteiger partial charge on any atom is -0.467 e. The Hall–Kier alpha value is -3.15. The van der Waals surface area contributed by atoms with E-state index in [1.807, 2.05) is 24.3 Å². The molecule has 0 radical (unpaired) electrons. The average molecular weight is 368 g/mol. The van der Waals surface area contributed by atoms with Gasteiger partial charge in [0.05, 0.1) is 7.11 Å². The summed E-state index contributed by atoms with van der Waals surface area (Å²) in [6.45, 7) is 2.24. The topological polar surface area (TPSA) is 77.4 Å². The summed E-state index contributed by atoms with van der Waals surface area (Å²) in [5, 5.41) is 2.60. The summed E-state index contributed by atoms with van der Waals surface area (Å²) in [5.74, 6) is -0.816. The third-order valence-electron chi connectivity index (χ3n) is 4.03. The lowest BCUT2D eigenvalue weighted by Gasteiger charge is -2.11. The average Bonchev–Trinajstić information content (AvgIpc) is 2.68. The molecule has 6 heteroatoms. The van der Waals surface area contributed by atoms with Gasteiger partial charge in [-0.3, -0.25) is 9.59 Å². The fourth-order valence-corrected chi connectivity index (χ4v) is 2.54. The first-order chi connectivity index (χ1) is 13.0. The molecule has 1 aromatic heterocycles. The number of pyridine rings is 1. The van der Waals surface area contributed by atoms with Crippen LogP contribution in [0, 0.1) is 0 Å². The van der Waals surface area contributed by atoms with Crippen LogP contribution in [-0.2, 0) is 16.1 Å². The molecule has 142 valence electrons. The largest absolute Gasteiger partial charge is 0.467 e. The van der Waals surface area contributed by atoms with Crippen molar-refractivity contribution in [1.82, 2.24) is 9.88 Å². The smallest absolute Gasteiger partial charge is 0.328 e. The van der Waals surface area contributed by atoms with E-state index in [-0.39, 0.29) is 11.5 Å². The number of hydrogen-bond acceptors (Lipinski definition) is 4. The highest BCUT2D eigenvalue weighted by Crippen LogP contribution is 2.09. The lowest BCUT2D eigenvalue weighted by molar-refractivity contribution is -0.142. The second kappa shape index (κ2) is 10.1. The number of carbonyl (C=O) groups is 2. The number of methoxy groups -OCH3 is 1. The van der Waals surface area contributed by atoms with Gasteiger partial charge in [-0.1, -0.05) is 30.4 Å². The number of hydrogen-bond donors (Lipinski definition) is 1. The Bertz CT molecular complexity index is 870. The number of benzene rings is 1. The zero-order valence-electron chi connectivity index (χ0n) is 15.6. The Morgan fingerprint density at radius 1 is 1.22 bits per heavy atom. The minimum atomic E-state index is -0.705. The van der Waals surface area contributed by atoms with Gasteiger partial charge in [0.25, 0.3) is 5.91 Å². The molecule has 0 aliphatic carbocycles. The van der Waals surface area contributed by atoms with Crippen LogP contribution < -0.4 is 10.9 Å². The van der Waals surface area contributed by atoms with Gasteiger partial charge in [-0.05, 0) is 43.5 Å². The normalized spacial score (nSPS) is 11.9. The number of nitrogens with one attached hydrogen (secondary N) is 1. The Balaban J connectivity index is 1.88. The van der Waals surface area contributed by atoms with Crippen molar-refractivity contribution < 1.29 is 14.3 Å². The number of allylic oxidation sites excluding steroid dienone is 1. The fraction of sp³-hybridized carbons (Fsp3) is 0.286. The molecule has 0 saturated heterocycles. The summed E-state index contributed by atoms with van der Waals surface area (Å²) in [7, 11) is 1.28. The van der Waals surface area contributed by atoms with Gasteiger partial charge in [-0.15, -0.1) is 0 Å². The molecule has 1 unspecified atom stereocenters. The van der Waals surface area contributed by atoms with Gasteiger partial charge in [0.2, 0.25) is 5.56 Å². The molecule has 0 aliphatic heterocycles.